The highest BCUT2D eigenvalue weighted by Gasteiger charge is 2.25. The predicted molar refractivity (Wildman–Crippen MR) is 82.7 cm³/mol. The fourth-order valence-corrected chi connectivity index (χ4v) is 2.73. The van der Waals surface area contributed by atoms with Crippen LogP contribution in [0.4, 0.5) is 0 Å². The monoisotopic (exact) mass is 285 g/mol. The van der Waals surface area contributed by atoms with Crippen LogP contribution in [-0.2, 0) is 4.79 Å². The van der Waals surface area contributed by atoms with Gasteiger partial charge in [0.1, 0.15) is 6.04 Å². The highest BCUT2D eigenvalue weighted by atomic mass is 16.2. The number of nitrogens with zero attached hydrogens (tertiary/aromatic N) is 3. The summed E-state index contributed by atoms with van der Waals surface area (Å²) in [6.45, 7) is 8.85. The molecule has 1 fully saturated rings. The predicted octanol–water partition coefficient (Wildman–Crippen LogP) is 2.54. The van der Waals surface area contributed by atoms with E-state index >= 15 is 0 Å². The van der Waals surface area contributed by atoms with E-state index in [2.05, 4.69) is 49.1 Å². The number of rotatable bonds is 3. The number of nitriles is 1. The number of amides is 1. The van der Waals surface area contributed by atoms with E-state index in [1.165, 1.54) is 5.56 Å². The van der Waals surface area contributed by atoms with Crippen molar-refractivity contribution in [3.63, 3.8) is 0 Å². The molecule has 4 nitrogen and oxygen atoms in total. The van der Waals surface area contributed by atoms with Crippen LogP contribution in [-0.4, -0.2) is 41.9 Å². The molecule has 0 aromatic heterocycles. The standard InChI is InChI=1S/C17H23N3O/c1-13(2)15-4-6-16(7-5-15)17(12-18)20-10-8-19(9-11-20)14(3)21/h4-7,13,17H,8-11H2,1-3H3. The fourth-order valence-electron chi connectivity index (χ4n) is 2.73. The molecule has 21 heavy (non-hydrogen) atoms. The van der Waals surface area contributed by atoms with E-state index < -0.39 is 0 Å². The highest BCUT2D eigenvalue weighted by molar-refractivity contribution is 5.73. The highest BCUT2D eigenvalue weighted by Crippen LogP contribution is 2.24. The topological polar surface area (TPSA) is 47.3 Å². The lowest BCUT2D eigenvalue weighted by Gasteiger charge is -2.36. The summed E-state index contributed by atoms with van der Waals surface area (Å²) >= 11 is 0. The van der Waals surface area contributed by atoms with E-state index in [9.17, 15) is 10.1 Å². The lowest BCUT2D eigenvalue weighted by atomic mass is 9.98. The lowest BCUT2D eigenvalue weighted by Crippen LogP contribution is -2.48. The van der Waals surface area contributed by atoms with Crippen molar-refractivity contribution in [2.24, 2.45) is 0 Å². The van der Waals surface area contributed by atoms with Gasteiger partial charge in [-0.25, -0.2) is 0 Å². The van der Waals surface area contributed by atoms with E-state index in [1.54, 1.807) is 6.92 Å². The summed E-state index contributed by atoms with van der Waals surface area (Å²) in [5.41, 5.74) is 2.33. The molecule has 112 valence electrons. The van der Waals surface area contributed by atoms with E-state index in [4.69, 9.17) is 0 Å². The second-order valence-corrected chi connectivity index (χ2v) is 5.90. The maximum absolute atomic E-state index is 11.4. The first kappa shape index (κ1) is 15.5. The molecule has 2 rings (SSSR count). The van der Waals surface area contributed by atoms with Gasteiger partial charge in [-0.05, 0) is 17.0 Å². The SMILES string of the molecule is CC(=O)N1CCN(C(C#N)c2ccc(C(C)C)cc2)CC1. The second kappa shape index (κ2) is 6.73. The van der Waals surface area contributed by atoms with Crippen molar-refractivity contribution >= 4 is 5.91 Å². The first-order valence-corrected chi connectivity index (χ1v) is 7.52. The van der Waals surface area contributed by atoms with Gasteiger partial charge in [0, 0.05) is 33.1 Å². The molecule has 0 spiro atoms. The van der Waals surface area contributed by atoms with E-state index in [-0.39, 0.29) is 11.9 Å². The second-order valence-electron chi connectivity index (χ2n) is 5.90. The van der Waals surface area contributed by atoms with Gasteiger partial charge in [-0.3, -0.25) is 9.69 Å². The summed E-state index contributed by atoms with van der Waals surface area (Å²) in [6, 6.07) is 10.5. The average Bonchev–Trinajstić information content (AvgIpc) is 2.49. The summed E-state index contributed by atoms with van der Waals surface area (Å²) in [5.74, 6) is 0.614. The van der Waals surface area contributed by atoms with Gasteiger partial charge in [0.15, 0.2) is 0 Å². The molecule has 1 aromatic rings. The molecule has 1 aliphatic rings. The van der Waals surface area contributed by atoms with E-state index in [1.807, 2.05) is 4.90 Å². The van der Waals surface area contributed by atoms with Gasteiger partial charge in [0.25, 0.3) is 0 Å². The Balaban J connectivity index is 2.07. The third kappa shape index (κ3) is 3.62. The molecule has 1 aromatic carbocycles. The number of hydrogen-bond acceptors (Lipinski definition) is 3. The van der Waals surface area contributed by atoms with Crippen molar-refractivity contribution in [2.45, 2.75) is 32.7 Å². The van der Waals surface area contributed by atoms with Gasteiger partial charge in [0.05, 0.1) is 6.07 Å². The van der Waals surface area contributed by atoms with Gasteiger partial charge in [-0.2, -0.15) is 5.26 Å². The Kier molecular flexibility index (Phi) is 4.98. The van der Waals surface area contributed by atoms with E-state index in [0.717, 1.165) is 18.7 Å². The molecule has 0 bridgehead atoms. The average molecular weight is 285 g/mol. The Morgan fingerprint density at radius 3 is 2.05 bits per heavy atom. The summed E-state index contributed by atoms with van der Waals surface area (Å²) in [6.07, 6.45) is 0. The number of hydrogen-bond donors (Lipinski definition) is 0. The van der Waals surface area contributed by atoms with Gasteiger partial charge < -0.3 is 4.90 Å². The van der Waals surface area contributed by atoms with Crippen LogP contribution in [0.25, 0.3) is 0 Å². The summed E-state index contributed by atoms with van der Waals surface area (Å²) in [5, 5.41) is 9.51. The number of carbonyl (C=O) groups is 1. The molecule has 0 radical (unpaired) electrons. The van der Waals surface area contributed by atoms with Crippen LogP contribution in [0.5, 0.6) is 0 Å². The summed E-state index contributed by atoms with van der Waals surface area (Å²) < 4.78 is 0. The van der Waals surface area contributed by atoms with Crippen LogP contribution >= 0.6 is 0 Å². The molecule has 1 aliphatic heterocycles. The van der Waals surface area contributed by atoms with Crippen molar-refractivity contribution in [3.05, 3.63) is 35.4 Å². The lowest BCUT2D eigenvalue weighted by molar-refractivity contribution is -0.130. The molecule has 0 N–H and O–H groups in total. The van der Waals surface area contributed by atoms with E-state index in [0.29, 0.717) is 19.0 Å². The number of benzene rings is 1. The van der Waals surface area contributed by atoms with Crippen molar-refractivity contribution in [1.29, 1.82) is 5.26 Å². The maximum atomic E-state index is 11.4. The van der Waals surface area contributed by atoms with Crippen molar-refractivity contribution in [3.8, 4) is 6.07 Å². The zero-order chi connectivity index (χ0) is 15.4. The Morgan fingerprint density at radius 1 is 1.10 bits per heavy atom. The Hall–Kier alpha value is -1.86. The van der Waals surface area contributed by atoms with Crippen molar-refractivity contribution in [2.75, 3.05) is 26.2 Å². The van der Waals surface area contributed by atoms with Crippen LogP contribution in [0.2, 0.25) is 0 Å². The zero-order valence-corrected chi connectivity index (χ0v) is 13.0. The fraction of sp³-hybridized carbons (Fsp3) is 0.529. The molecule has 1 unspecified atom stereocenters. The Bertz CT molecular complexity index is 522. The Labute approximate surface area is 127 Å². The maximum Gasteiger partial charge on any atom is 0.219 e. The number of piperazine rings is 1. The molecule has 0 saturated carbocycles. The largest absolute Gasteiger partial charge is 0.340 e. The van der Waals surface area contributed by atoms with Gasteiger partial charge in [0.2, 0.25) is 5.91 Å². The quantitative estimate of drug-likeness (QED) is 0.857. The molecule has 1 saturated heterocycles. The molecule has 1 heterocycles. The molecule has 1 atom stereocenters. The van der Waals surface area contributed by atoms with Crippen LogP contribution in [0, 0.1) is 11.3 Å². The minimum atomic E-state index is -0.222. The van der Waals surface area contributed by atoms with Gasteiger partial charge in [-0.1, -0.05) is 38.1 Å². The molecular weight excluding hydrogens is 262 g/mol. The van der Waals surface area contributed by atoms with Crippen LogP contribution in [0.15, 0.2) is 24.3 Å². The minimum absolute atomic E-state index is 0.115. The smallest absolute Gasteiger partial charge is 0.219 e. The van der Waals surface area contributed by atoms with Crippen LogP contribution < -0.4 is 0 Å². The number of carbonyl (C=O) groups excluding carboxylic acids is 1. The molecule has 1 amide bonds. The zero-order valence-electron chi connectivity index (χ0n) is 13.0. The first-order chi connectivity index (χ1) is 10.0. The van der Waals surface area contributed by atoms with Crippen molar-refractivity contribution in [1.82, 2.24) is 9.80 Å². The summed E-state index contributed by atoms with van der Waals surface area (Å²) in [7, 11) is 0. The minimum Gasteiger partial charge on any atom is -0.340 e. The Morgan fingerprint density at radius 2 is 1.62 bits per heavy atom. The van der Waals surface area contributed by atoms with Gasteiger partial charge in [-0.15, -0.1) is 0 Å². The summed E-state index contributed by atoms with van der Waals surface area (Å²) in [4.78, 5) is 15.4. The third-order valence-electron chi connectivity index (χ3n) is 4.17. The third-order valence-corrected chi connectivity index (χ3v) is 4.17. The molecular formula is C17H23N3O. The van der Waals surface area contributed by atoms with Gasteiger partial charge >= 0.3 is 0 Å². The molecule has 4 heteroatoms. The normalized spacial score (nSPS) is 17.6. The van der Waals surface area contributed by atoms with Crippen molar-refractivity contribution < 1.29 is 4.79 Å². The van der Waals surface area contributed by atoms with Crippen LogP contribution in [0.3, 0.4) is 0 Å². The molecule has 0 aliphatic carbocycles. The first-order valence-electron chi connectivity index (χ1n) is 7.52. The van der Waals surface area contributed by atoms with Crippen LogP contribution in [0.1, 0.15) is 43.9 Å².